The zero-order valence-electron chi connectivity index (χ0n) is 13.2. The number of hydrogen-bond acceptors (Lipinski definition) is 4. The van der Waals surface area contributed by atoms with Gasteiger partial charge >= 0.3 is 5.97 Å². The molecule has 0 bridgehead atoms. The van der Waals surface area contributed by atoms with Gasteiger partial charge in [0.25, 0.3) is 0 Å². The summed E-state index contributed by atoms with van der Waals surface area (Å²) in [5, 5.41) is 3.05. The smallest absolute Gasteiger partial charge is 0.325 e. The molecule has 0 aliphatic rings. The number of methoxy groups -OCH3 is 1. The normalized spacial score (nSPS) is 13.7. The van der Waals surface area contributed by atoms with Gasteiger partial charge in [0, 0.05) is 19.3 Å². The van der Waals surface area contributed by atoms with Gasteiger partial charge in [-0.3, -0.25) is 4.79 Å². The third-order valence-corrected chi connectivity index (χ3v) is 3.92. The van der Waals surface area contributed by atoms with Crippen LogP contribution in [0.25, 0.3) is 0 Å². The Hall–Kier alpha value is -1.55. The van der Waals surface area contributed by atoms with Gasteiger partial charge in [-0.25, -0.2) is 0 Å². The number of esters is 1. The molecular weight excluding hydrogens is 252 g/mol. The van der Waals surface area contributed by atoms with Gasteiger partial charge in [0.15, 0.2) is 0 Å². The van der Waals surface area contributed by atoms with E-state index in [-0.39, 0.29) is 5.97 Å². The first-order valence-corrected chi connectivity index (χ1v) is 7.04. The highest BCUT2D eigenvalue weighted by Gasteiger charge is 2.32. The minimum absolute atomic E-state index is 0.227. The van der Waals surface area contributed by atoms with Crippen LogP contribution in [-0.2, 0) is 16.0 Å². The van der Waals surface area contributed by atoms with Crippen LogP contribution in [0.2, 0.25) is 0 Å². The van der Waals surface area contributed by atoms with E-state index in [0.717, 1.165) is 18.7 Å². The fraction of sp³-hybridized carbons (Fsp3) is 0.562. The van der Waals surface area contributed by atoms with Crippen LogP contribution in [0.5, 0.6) is 0 Å². The monoisotopic (exact) mass is 278 g/mol. The van der Waals surface area contributed by atoms with Crippen LogP contribution in [0.1, 0.15) is 25.8 Å². The molecule has 20 heavy (non-hydrogen) atoms. The molecule has 0 aliphatic carbocycles. The van der Waals surface area contributed by atoms with Crippen LogP contribution in [0.3, 0.4) is 0 Å². The van der Waals surface area contributed by atoms with E-state index >= 15 is 0 Å². The molecule has 0 aliphatic heterocycles. The lowest BCUT2D eigenvalue weighted by atomic mass is 9.98. The fourth-order valence-electron chi connectivity index (χ4n) is 2.06. The molecule has 0 aromatic heterocycles. The Morgan fingerprint density at radius 3 is 2.40 bits per heavy atom. The molecule has 1 unspecified atom stereocenters. The third kappa shape index (κ3) is 3.97. The lowest BCUT2D eigenvalue weighted by Gasteiger charge is -2.29. The number of rotatable bonds is 7. The van der Waals surface area contributed by atoms with Crippen LogP contribution in [0.15, 0.2) is 24.3 Å². The summed E-state index contributed by atoms with van der Waals surface area (Å²) < 4.78 is 4.85. The molecule has 112 valence electrons. The number of benzene rings is 1. The Bertz CT molecular complexity index is 431. The molecule has 0 amide bonds. The first-order valence-electron chi connectivity index (χ1n) is 7.04. The van der Waals surface area contributed by atoms with E-state index in [0.29, 0.717) is 6.42 Å². The molecule has 4 nitrogen and oxygen atoms in total. The summed E-state index contributed by atoms with van der Waals surface area (Å²) in [6, 6.07) is 8.52. The summed E-state index contributed by atoms with van der Waals surface area (Å²) in [7, 11) is 5.24. The standard InChI is InChI=1S/C16H26N2O2/c1-6-13-7-9-14(10-8-13)18(4)12-11-16(2,17-3)15(19)20-5/h7-10,17H,6,11-12H2,1-5H3. The average Bonchev–Trinajstić information content (AvgIpc) is 2.51. The number of likely N-dealkylation sites (N-methyl/N-ethyl adjacent to an activating group) is 1. The van der Waals surface area contributed by atoms with Gasteiger partial charge in [-0.05, 0) is 44.5 Å². The van der Waals surface area contributed by atoms with Crippen LogP contribution < -0.4 is 10.2 Å². The van der Waals surface area contributed by atoms with Crippen molar-refractivity contribution in [1.82, 2.24) is 5.32 Å². The van der Waals surface area contributed by atoms with Crippen molar-refractivity contribution in [3.05, 3.63) is 29.8 Å². The lowest BCUT2D eigenvalue weighted by molar-refractivity contribution is -0.147. The summed E-state index contributed by atoms with van der Waals surface area (Å²) >= 11 is 0. The quantitative estimate of drug-likeness (QED) is 0.777. The molecule has 0 saturated carbocycles. The lowest BCUT2D eigenvalue weighted by Crippen LogP contribution is -2.50. The van der Waals surface area contributed by atoms with Gasteiger partial charge in [-0.2, -0.15) is 0 Å². The number of carbonyl (C=O) groups excluding carboxylic acids is 1. The van der Waals surface area contributed by atoms with E-state index in [1.807, 2.05) is 14.0 Å². The molecule has 1 aromatic carbocycles. The maximum absolute atomic E-state index is 11.8. The maximum Gasteiger partial charge on any atom is 0.325 e. The molecule has 1 rings (SSSR count). The van der Waals surface area contributed by atoms with Gasteiger partial charge in [0.05, 0.1) is 7.11 Å². The van der Waals surface area contributed by atoms with E-state index in [1.165, 1.54) is 12.7 Å². The van der Waals surface area contributed by atoms with Crippen LogP contribution in [0.4, 0.5) is 5.69 Å². The van der Waals surface area contributed by atoms with E-state index < -0.39 is 5.54 Å². The van der Waals surface area contributed by atoms with Gasteiger partial charge in [0.1, 0.15) is 5.54 Å². The van der Waals surface area contributed by atoms with E-state index in [4.69, 9.17) is 4.74 Å². The minimum Gasteiger partial charge on any atom is -0.468 e. The third-order valence-electron chi connectivity index (χ3n) is 3.92. The van der Waals surface area contributed by atoms with Crippen molar-refractivity contribution >= 4 is 11.7 Å². The van der Waals surface area contributed by atoms with E-state index in [9.17, 15) is 4.79 Å². The number of carbonyl (C=O) groups is 1. The molecular formula is C16H26N2O2. The summed E-state index contributed by atoms with van der Waals surface area (Å²) in [4.78, 5) is 13.9. The van der Waals surface area contributed by atoms with Gasteiger partial charge in [-0.1, -0.05) is 19.1 Å². The summed E-state index contributed by atoms with van der Waals surface area (Å²) in [6.45, 7) is 4.79. The van der Waals surface area contributed by atoms with E-state index in [2.05, 4.69) is 41.4 Å². The molecule has 1 aromatic rings. The number of hydrogen-bond donors (Lipinski definition) is 1. The summed E-state index contributed by atoms with van der Waals surface area (Å²) in [5.41, 5.74) is 1.84. The molecule has 0 saturated heterocycles. The predicted molar refractivity (Wildman–Crippen MR) is 83.2 cm³/mol. The van der Waals surface area contributed by atoms with Crippen molar-refractivity contribution in [3.63, 3.8) is 0 Å². The van der Waals surface area contributed by atoms with Gasteiger partial charge in [-0.15, -0.1) is 0 Å². The van der Waals surface area contributed by atoms with Crippen LogP contribution in [0, 0.1) is 0 Å². The second kappa shape index (κ2) is 7.29. The molecule has 0 spiro atoms. The highest BCUT2D eigenvalue weighted by atomic mass is 16.5. The summed E-state index contributed by atoms with van der Waals surface area (Å²) in [5.74, 6) is -0.227. The van der Waals surface area contributed by atoms with Crippen molar-refractivity contribution in [2.24, 2.45) is 0 Å². The largest absolute Gasteiger partial charge is 0.468 e. The number of anilines is 1. The van der Waals surface area contributed by atoms with E-state index in [1.54, 1.807) is 7.05 Å². The summed E-state index contributed by atoms with van der Waals surface area (Å²) in [6.07, 6.45) is 1.73. The Balaban J connectivity index is 2.65. The van der Waals surface area contributed by atoms with Gasteiger partial charge in [0.2, 0.25) is 0 Å². The van der Waals surface area contributed by atoms with Crippen molar-refractivity contribution in [1.29, 1.82) is 0 Å². The Labute approximate surface area is 122 Å². The highest BCUT2D eigenvalue weighted by molar-refractivity contribution is 5.80. The second-order valence-electron chi connectivity index (χ2n) is 5.27. The fourth-order valence-corrected chi connectivity index (χ4v) is 2.06. The van der Waals surface area contributed by atoms with Crippen molar-refractivity contribution < 1.29 is 9.53 Å². The van der Waals surface area contributed by atoms with Gasteiger partial charge < -0.3 is 15.0 Å². The molecule has 4 heteroatoms. The maximum atomic E-state index is 11.8. The molecule has 0 radical (unpaired) electrons. The molecule has 0 heterocycles. The van der Waals surface area contributed by atoms with Crippen molar-refractivity contribution in [3.8, 4) is 0 Å². The Kier molecular flexibility index (Phi) is 6.02. The molecule has 1 N–H and O–H groups in total. The predicted octanol–water partition coefficient (Wildman–Crippen LogP) is 2.23. The molecule has 1 atom stereocenters. The van der Waals surface area contributed by atoms with Crippen LogP contribution >= 0.6 is 0 Å². The topological polar surface area (TPSA) is 41.6 Å². The first-order chi connectivity index (χ1) is 9.46. The Morgan fingerprint density at radius 2 is 1.95 bits per heavy atom. The second-order valence-corrected chi connectivity index (χ2v) is 5.27. The number of ether oxygens (including phenoxy) is 1. The molecule has 0 fully saturated rings. The highest BCUT2D eigenvalue weighted by Crippen LogP contribution is 2.17. The minimum atomic E-state index is -0.646. The van der Waals surface area contributed by atoms with Crippen LogP contribution in [-0.4, -0.2) is 39.3 Å². The number of aryl methyl sites for hydroxylation is 1. The zero-order chi connectivity index (χ0) is 15.2. The zero-order valence-corrected chi connectivity index (χ0v) is 13.2. The van der Waals surface area contributed by atoms with Crippen molar-refractivity contribution in [2.45, 2.75) is 32.2 Å². The first kappa shape index (κ1) is 16.5. The average molecular weight is 278 g/mol. The number of nitrogens with one attached hydrogen (secondary N) is 1. The SMILES string of the molecule is CCc1ccc(N(C)CCC(C)(NC)C(=O)OC)cc1. The number of nitrogens with zero attached hydrogens (tertiary/aromatic N) is 1. The van der Waals surface area contributed by atoms with Crippen molar-refractivity contribution in [2.75, 3.05) is 32.6 Å². The Morgan fingerprint density at radius 1 is 1.35 bits per heavy atom.